The fourth-order valence-electron chi connectivity index (χ4n) is 4.64. The molecular formula is C25H30N4O2. The molecule has 3 heterocycles. The first kappa shape index (κ1) is 20.1. The van der Waals surface area contributed by atoms with E-state index < -0.39 is 0 Å². The van der Waals surface area contributed by atoms with Crippen molar-refractivity contribution in [2.45, 2.75) is 19.4 Å². The number of nitrogens with one attached hydrogen (secondary N) is 2. The van der Waals surface area contributed by atoms with Gasteiger partial charge in [-0.25, -0.2) is 0 Å². The van der Waals surface area contributed by atoms with Crippen LogP contribution in [0.1, 0.15) is 16.7 Å². The second-order valence-corrected chi connectivity index (χ2v) is 8.55. The average Bonchev–Trinajstić information content (AvgIpc) is 3.42. The van der Waals surface area contributed by atoms with E-state index in [4.69, 9.17) is 4.74 Å². The zero-order valence-electron chi connectivity index (χ0n) is 17.9. The first-order valence-corrected chi connectivity index (χ1v) is 11.3. The zero-order valence-corrected chi connectivity index (χ0v) is 17.9. The Morgan fingerprint density at radius 3 is 2.81 bits per heavy atom. The van der Waals surface area contributed by atoms with Crippen LogP contribution in [0.3, 0.4) is 0 Å². The minimum Gasteiger partial charge on any atom is -0.493 e. The van der Waals surface area contributed by atoms with Crippen LogP contribution in [0.5, 0.6) is 5.75 Å². The van der Waals surface area contributed by atoms with Crippen molar-refractivity contribution >= 4 is 16.8 Å². The van der Waals surface area contributed by atoms with Crippen LogP contribution in [0.25, 0.3) is 10.9 Å². The van der Waals surface area contributed by atoms with Crippen molar-refractivity contribution in [2.75, 3.05) is 45.9 Å². The van der Waals surface area contributed by atoms with Gasteiger partial charge >= 0.3 is 0 Å². The van der Waals surface area contributed by atoms with Gasteiger partial charge in [-0.3, -0.25) is 14.6 Å². The van der Waals surface area contributed by atoms with E-state index in [9.17, 15) is 4.79 Å². The molecule has 5 rings (SSSR count). The maximum absolute atomic E-state index is 12.4. The van der Waals surface area contributed by atoms with Gasteiger partial charge in [0, 0.05) is 62.8 Å². The molecule has 2 aromatic carbocycles. The summed E-state index contributed by atoms with van der Waals surface area (Å²) >= 11 is 0. The Morgan fingerprint density at radius 1 is 1.06 bits per heavy atom. The van der Waals surface area contributed by atoms with Gasteiger partial charge in [0.2, 0.25) is 5.91 Å². The monoisotopic (exact) mass is 418 g/mol. The molecule has 2 N–H and O–H groups in total. The molecular weight excluding hydrogens is 388 g/mol. The number of hydrogen-bond donors (Lipinski definition) is 2. The highest BCUT2D eigenvalue weighted by Gasteiger charge is 2.20. The number of nitrogens with zero attached hydrogens (tertiary/aromatic N) is 2. The number of piperazine rings is 1. The van der Waals surface area contributed by atoms with Crippen molar-refractivity contribution in [3.05, 3.63) is 65.4 Å². The van der Waals surface area contributed by atoms with Gasteiger partial charge in [0.1, 0.15) is 5.75 Å². The maximum atomic E-state index is 12.4. The van der Waals surface area contributed by atoms with E-state index in [2.05, 4.69) is 56.5 Å². The maximum Gasteiger partial charge on any atom is 0.234 e. The fourth-order valence-corrected chi connectivity index (χ4v) is 4.64. The van der Waals surface area contributed by atoms with E-state index in [1.165, 1.54) is 22.1 Å². The number of aromatic nitrogens is 1. The third-order valence-corrected chi connectivity index (χ3v) is 6.38. The predicted octanol–water partition coefficient (Wildman–Crippen LogP) is 2.58. The first-order valence-electron chi connectivity index (χ1n) is 11.3. The lowest BCUT2D eigenvalue weighted by Gasteiger charge is -2.34. The molecule has 0 aliphatic carbocycles. The van der Waals surface area contributed by atoms with E-state index in [0.717, 1.165) is 63.4 Å². The number of para-hydroxylation sites is 1. The van der Waals surface area contributed by atoms with Gasteiger partial charge in [0.15, 0.2) is 0 Å². The van der Waals surface area contributed by atoms with Crippen molar-refractivity contribution in [2.24, 2.45) is 0 Å². The second-order valence-electron chi connectivity index (χ2n) is 8.55. The summed E-state index contributed by atoms with van der Waals surface area (Å²) in [4.78, 5) is 20.4. The lowest BCUT2D eigenvalue weighted by Crippen LogP contribution is -2.49. The van der Waals surface area contributed by atoms with Crippen LogP contribution < -0.4 is 10.1 Å². The molecule has 6 heteroatoms. The highest BCUT2D eigenvalue weighted by molar-refractivity contribution is 5.83. The van der Waals surface area contributed by atoms with E-state index >= 15 is 0 Å². The minimum atomic E-state index is 0.118. The molecule has 6 nitrogen and oxygen atoms in total. The highest BCUT2D eigenvalue weighted by Crippen LogP contribution is 2.26. The number of ether oxygens (including phenoxy) is 1. The Hall–Kier alpha value is -2.83. The number of hydrogen-bond acceptors (Lipinski definition) is 4. The van der Waals surface area contributed by atoms with Gasteiger partial charge in [0.05, 0.1) is 13.2 Å². The summed E-state index contributed by atoms with van der Waals surface area (Å²) in [6, 6.07) is 14.9. The summed E-state index contributed by atoms with van der Waals surface area (Å²) in [7, 11) is 0. The number of rotatable bonds is 7. The smallest absolute Gasteiger partial charge is 0.234 e. The highest BCUT2D eigenvalue weighted by atomic mass is 16.5. The number of aromatic amines is 1. The van der Waals surface area contributed by atoms with Crippen LogP contribution in [0.2, 0.25) is 0 Å². The van der Waals surface area contributed by atoms with Crippen LogP contribution >= 0.6 is 0 Å². The number of carbonyl (C=O) groups is 1. The van der Waals surface area contributed by atoms with Gasteiger partial charge < -0.3 is 15.0 Å². The Balaban J connectivity index is 1.03. The lowest BCUT2D eigenvalue weighted by atomic mass is 10.1. The number of amides is 1. The largest absolute Gasteiger partial charge is 0.493 e. The molecule has 3 aromatic rings. The van der Waals surface area contributed by atoms with Crippen LogP contribution in [0.15, 0.2) is 48.7 Å². The van der Waals surface area contributed by atoms with Crippen LogP contribution in [-0.2, 0) is 24.2 Å². The van der Waals surface area contributed by atoms with Crippen LogP contribution in [-0.4, -0.2) is 66.6 Å². The van der Waals surface area contributed by atoms with Crippen LogP contribution in [0, 0.1) is 0 Å². The molecule has 2 aliphatic heterocycles. The van der Waals surface area contributed by atoms with E-state index in [1.807, 2.05) is 12.3 Å². The van der Waals surface area contributed by atoms with Crippen molar-refractivity contribution in [1.82, 2.24) is 20.1 Å². The molecule has 0 saturated carbocycles. The third-order valence-electron chi connectivity index (χ3n) is 6.38. The summed E-state index contributed by atoms with van der Waals surface area (Å²) in [6.07, 6.45) is 3.91. The molecule has 1 amide bonds. The standard InChI is InChI=1S/C25H30N4O2/c30-25(26-9-7-21-16-27-23-4-2-1-3-22(21)23)18-29-12-10-28(11-13-29)17-19-5-6-24-20(15-19)8-14-31-24/h1-6,15-16,27H,7-14,17-18H2,(H,26,30). The summed E-state index contributed by atoms with van der Waals surface area (Å²) in [5.41, 5.74) is 5.09. The average molecular weight is 419 g/mol. The van der Waals surface area contributed by atoms with E-state index in [0.29, 0.717) is 13.1 Å². The number of carbonyl (C=O) groups excluding carboxylic acids is 1. The number of H-pyrrole nitrogens is 1. The van der Waals surface area contributed by atoms with Crippen molar-refractivity contribution < 1.29 is 9.53 Å². The minimum absolute atomic E-state index is 0.118. The van der Waals surface area contributed by atoms with Crippen molar-refractivity contribution in [3.63, 3.8) is 0 Å². The SMILES string of the molecule is O=C(CN1CCN(Cc2ccc3c(c2)CCO3)CC1)NCCc1c[nH]c2ccccc12. The van der Waals surface area contributed by atoms with Gasteiger partial charge in [-0.2, -0.15) is 0 Å². The van der Waals surface area contributed by atoms with E-state index in [-0.39, 0.29) is 5.91 Å². The van der Waals surface area contributed by atoms with Gasteiger partial charge in [-0.15, -0.1) is 0 Å². The molecule has 0 bridgehead atoms. The summed E-state index contributed by atoms with van der Waals surface area (Å²) in [6.45, 7) is 6.79. The Kier molecular flexibility index (Phi) is 5.91. The fraction of sp³-hybridized carbons (Fsp3) is 0.400. The summed E-state index contributed by atoms with van der Waals surface area (Å²) < 4.78 is 5.60. The quantitative estimate of drug-likeness (QED) is 0.619. The summed E-state index contributed by atoms with van der Waals surface area (Å²) in [5, 5.41) is 4.33. The molecule has 0 atom stereocenters. The molecule has 1 fully saturated rings. The molecule has 1 saturated heterocycles. The second kappa shape index (κ2) is 9.12. The molecule has 2 aliphatic rings. The molecule has 0 unspecified atom stereocenters. The Morgan fingerprint density at radius 2 is 1.90 bits per heavy atom. The normalized spacial score (nSPS) is 16.9. The molecule has 31 heavy (non-hydrogen) atoms. The lowest BCUT2D eigenvalue weighted by molar-refractivity contribution is -0.122. The summed E-state index contributed by atoms with van der Waals surface area (Å²) in [5.74, 6) is 1.16. The molecule has 1 aromatic heterocycles. The van der Waals surface area contributed by atoms with Crippen LogP contribution in [0.4, 0.5) is 0 Å². The molecule has 0 spiro atoms. The van der Waals surface area contributed by atoms with Crippen molar-refractivity contribution in [3.8, 4) is 5.75 Å². The van der Waals surface area contributed by atoms with Gasteiger partial charge in [-0.1, -0.05) is 30.3 Å². The van der Waals surface area contributed by atoms with Gasteiger partial charge in [0.25, 0.3) is 0 Å². The molecule has 0 radical (unpaired) electrons. The van der Waals surface area contributed by atoms with E-state index in [1.54, 1.807) is 0 Å². The Bertz CT molecular complexity index is 1050. The van der Waals surface area contributed by atoms with Crippen molar-refractivity contribution in [1.29, 1.82) is 0 Å². The third kappa shape index (κ3) is 4.75. The number of fused-ring (bicyclic) bond motifs is 2. The zero-order chi connectivity index (χ0) is 21.0. The predicted molar refractivity (Wildman–Crippen MR) is 122 cm³/mol. The topological polar surface area (TPSA) is 60.6 Å². The first-order chi connectivity index (χ1) is 15.2. The Labute approximate surface area is 183 Å². The van der Waals surface area contributed by atoms with Gasteiger partial charge in [-0.05, 0) is 35.2 Å². The number of benzene rings is 2. The molecule has 162 valence electrons.